The maximum absolute atomic E-state index is 11.5. The van der Waals surface area contributed by atoms with Gasteiger partial charge >= 0.3 is 5.97 Å². The van der Waals surface area contributed by atoms with Crippen LogP contribution in [0.1, 0.15) is 13.3 Å². The molecule has 0 bridgehead atoms. The molecule has 0 radical (unpaired) electrons. The lowest BCUT2D eigenvalue weighted by Gasteiger charge is -2.26. The van der Waals surface area contributed by atoms with E-state index in [0.717, 1.165) is 0 Å². The zero-order valence-corrected chi connectivity index (χ0v) is 9.53. The average molecular weight is 236 g/mol. The Kier molecular flexibility index (Phi) is 3.01. The summed E-state index contributed by atoms with van der Waals surface area (Å²) in [5.74, 6) is 0.121. The van der Waals surface area contributed by atoms with Crippen LogP contribution in [0.3, 0.4) is 0 Å². The quantitative estimate of drug-likeness (QED) is 0.313. The summed E-state index contributed by atoms with van der Waals surface area (Å²) in [6, 6.07) is -0.638. The standard InChI is InChI=1S/C10H12N4O3/c1-5-12-9-7(13-14-11)3-6(10(15)16-2)4-8(9)17-5/h4,7-9H,3H2,1-2H3/t7-,8-,9+/m0/s1. The lowest BCUT2D eigenvalue weighted by molar-refractivity contribution is -0.136. The van der Waals surface area contributed by atoms with Crippen LogP contribution < -0.4 is 0 Å². The number of aliphatic imine (C=N–C) groups is 1. The number of carbonyl (C=O) groups is 1. The van der Waals surface area contributed by atoms with Crippen molar-refractivity contribution in [2.75, 3.05) is 7.11 Å². The highest BCUT2D eigenvalue weighted by Crippen LogP contribution is 2.30. The minimum atomic E-state index is -0.422. The molecule has 17 heavy (non-hydrogen) atoms. The third kappa shape index (κ3) is 2.09. The predicted molar refractivity (Wildman–Crippen MR) is 59.4 cm³/mol. The highest BCUT2D eigenvalue weighted by Gasteiger charge is 2.39. The van der Waals surface area contributed by atoms with Gasteiger partial charge in [-0.1, -0.05) is 5.11 Å². The van der Waals surface area contributed by atoms with Gasteiger partial charge in [-0.25, -0.2) is 9.79 Å². The Labute approximate surface area is 97.7 Å². The van der Waals surface area contributed by atoms with E-state index >= 15 is 0 Å². The van der Waals surface area contributed by atoms with Crippen molar-refractivity contribution in [3.05, 3.63) is 22.1 Å². The molecule has 90 valence electrons. The maximum atomic E-state index is 11.5. The summed E-state index contributed by atoms with van der Waals surface area (Å²) in [5.41, 5.74) is 8.99. The van der Waals surface area contributed by atoms with Gasteiger partial charge in [0.1, 0.15) is 12.1 Å². The molecule has 0 aromatic heterocycles. The normalized spacial score (nSPS) is 30.4. The third-order valence-corrected chi connectivity index (χ3v) is 2.81. The Morgan fingerprint density at radius 3 is 3.18 bits per heavy atom. The molecule has 0 saturated heterocycles. The van der Waals surface area contributed by atoms with Crippen molar-refractivity contribution < 1.29 is 14.3 Å². The van der Waals surface area contributed by atoms with Crippen LogP contribution in [0.2, 0.25) is 0 Å². The molecule has 3 atom stereocenters. The highest BCUT2D eigenvalue weighted by molar-refractivity contribution is 5.89. The number of hydrogen-bond donors (Lipinski definition) is 0. The zero-order valence-electron chi connectivity index (χ0n) is 9.53. The number of ether oxygens (including phenoxy) is 2. The molecule has 0 spiro atoms. The fourth-order valence-electron chi connectivity index (χ4n) is 2.09. The first kappa shape index (κ1) is 11.5. The Hall–Kier alpha value is -2.01. The van der Waals surface area contributed by atoms with Crippen molar-refractivity contribution >= 4 is 11.9 Å². The topological polar surface area (TPSA) is 96.6 Å². The van der Waals surface area contributed by atoms with Crippen molar-refractivity contribution in [2.45, 2.75) is 31.5 Å². The first-order valence-corrected chi connectivity index (χ1v) is 5.20. The summed E-state index contributed by atoms with van der Waals surface area (Å²) in [6.07, 6.45) is 1.69. The fraction of sp³-hybridized carbons (Fsp3) is 0.600. The summed E-state index contributed by atoms with van der Waals surface area (Å²) in [4.78, 5) is 18.5. The number of azide groups is 1. The van der Waals surface area contributed by atoms with E-state index in [1.165, 1.54) is 7.11 Å². The molecule has 0 fully saturated rings. The number of esters is 1. The van der Waals surface area contributed by atoms with Crippen LogP contribution in [0.4, 0.5) is 0 Å². The molecule has 1 aliphatic heterocycles. The molecule has 7 heteroatoms. The van der Waals surface area contributed by atoms with Crippen LogP contribution in [-0.4, -0.2) is 37.2 Å². The van der Waals surface area contributed by atoms with E-state index in [-0.39, 0.29) is 12.1 Å². The van der Waals surface area contributed by atoms with E-state index in [1.807, 2.05) is 0 Å². The molecular weight excluding hydrogens is 224 g/mol. The molecule has 0 aromatic carbocycles. The summed E-state index contributed by atoms with van der Waals surface area (Å²) in [6.45, 7) is 1.73. The van der Waals surface area contributed by atoms with Gasteiger partial charge in [0, 0.05) is 17.4 Å². The van der Waals surface area contributed by atoms with E-state index in [2.05, 4.69) is 19.8 Å². The fourth-order valence-corrected chi connectivity index (χ4v) is 2.09. The molecule has 0 saturated carbocycles. The third-order valence-electron chi connectivity index (χ3n) is 2.81. The van der Waals surface area contributed by atoms with E-state index < -0.39 is 12.0 Å². The molecule has 0 unspecified atom stereocenters. The van der Waals surface area contributed by atoms with Crippen molar-refractivity contribution in [1.82, 2.24) is 0 Å². The highest BCUT2D eigenvalue weighted by atomic mass is 16.5. The van der Waals surface area contributed by atoms with Gasteiger partial charge in [0.25, 0.3) is 0 Å². The minimum absolute atomic E-state index is 0.237. The maximum Gasteiger partial charge on any atom is 0.333 e. The van der Waals surface area contributed by atoms with Crippen molar-refractivity contribution in [1.29, 1.82) is 0 Å². The largest absolute Gasteiger partial charge is 0.472 e. The van der Waals surface area contributed by atoms with Gasteiger partial charge in [0.15, 0.2) is 5.90 Å². The minimum Gasteiger partial charge on any atom is -0.472 e. The number of methoxy groups -OCH3 is 1. The first-order chi connectivity index (χ1) is 8.15. The summed E-state index contributed by atoms with van der Waals surface area (Å²) in [5, 5.41) is 3.67. The predicted octanol–water partition coefficient (Wildman–Crippen LogP) is 1.35. The van der Waals surface area contributed by atoms with Crippen LogP contribution >= 0.6 is 0 Å². The van der Waals surface area contributed by atoms with Crippen LogP contribution in [0.5, 0.6) is 0 Å². The van der Waals surface area contributed by atoms with Crippen molar-refractivity contribution in [2.24, 2.45) is 10.1 Å². The number of carbonyl (C=O) groups excluding carboxylic acids is 1. The number of fused-ring (bicyclic) bond motifs is 1. The number of nitrogens with zero attached hydrogens (tertiary/aromatic N) is 4. The second-order valence-corrected chi connectivity index (χ2v) is 3.88. The molecule has 0 N–H and O–H groups in total. The summed E-state index contributed by atoms with van der Waals surface area (Å²) >= 11 is 0. The van der Waals surface area contributed by atoms with Crippen molar-refractivity contribution in [3.8, 4) is 0 Å². The van der Waals surface area contributed by atoms with Crippen LogP contribution in [0, 0.1) is 0 Å². The van der Waals surface area contributed by atoms with Gasteiger partial charge in [0.05, 0.1) is 13.2 Å². The van der Waals surface area contributed by atoms with Gasteiger partial charge in [0.2, 0.25) is 0 Å². The monoisotopic (exact) mass is 236 g/mol. The van der Waals surface area contributed by atoms with Crippen LogP contribution in [0.15, 0.2) is 21.8 Å². The molecule has 0 amide bonds. The van der Waals surface area contributed by atoms with E-state index in [9.17, 15) is 4.79 Å². The number of hydrogen-bond acceptors (Lipinski definition) is 5. The molecule has 1 heterocycles. The van der Waals surface area contributed by atoms with Crippen molar-refractivity contribution in [3.63, 3.8) is 0 Å². The lowest BCUT2D eigenvalue weighted by Crippen LogP contribution is -2.37. The van der Waals surface area contributed by atoms with Gasteiger partial charge in [-0.05, 0) is 18.0 Å². The van der Waals surface area contributed by atoms with E-state index in [0.29, 0.717) is 17.9 Å². The second kappa shape index (κ2) is 4.47. The SMILES string of the molecule is COC(=O)C1=C[C@@H]2OC(C)=N[C@@H]2[C@@H](N=[N+]=[N-])C1. The van der Waals surface area contributed by atoms with Crippen LogP contribution in [0.25, 0.3) is 10.4 Å². The van der Waals surface area contributed by atoms with Gasteiger partial charge in [-0.3, -0.25) is 0 Å². The van der Waals surface area contributed by atoms with Crippen LogP contribution in [-0.2, 0) is 14.3 Å². The molecule has 7 nitrogen and oxygen atoms in total. The smallest absolute Gasteiger partial charge is 0.333 e. The lowest BCUT2D eigenvalue weighted by atomic mass is 9.89. The Morgan fingerprint density at radius 2 is 2.53 bits per heavy atom. The average Bonchev–Trinajstić information content (AvgIpc) is 2.69. The molecule has 2 rings (SSSR count). The Bertz CT molecular complexity index is 450. The summed E-state index contributed by atoms with van der Waals surface area (Å²) < 4.78 is 10.1. The Balaban J connectivity index is 2.29. The number of rotatable bonds is 2. The first-order valence-electron chi connectivity index (χ1n) is 5.20. The molecular formula is C10H12N4O3. The summed E-state index contributed by atoms with van der Waals surface area (Å²) in [7, 11) is 1.31. The molecule has 2 aliphatic rings. The van der Waals surface area contributed by atoms with E-state index in [4.69, 9.17) is 10.3 Å². The zero-order chi connectivity index (χ0) is 12.4. The van der Waals surface area contributed by atoms with E-state index in [1.54, 1.807) is 13.0 Å². The molecule has 0 aromatic rings. The van der Waals surface area contributed by atoms with Gasteiger partial charge in [-0.15, -0.1) is 0 Å². The second-order valence-electron chi connectivity index (χ2n) is 3.88. The van der Waals surface area contributed by atoms with Gasteiger partial charge < -0.3 is 9.47 Å². The Morgan fingerprint density at radius 1 is 1.76 bits per heavy atom. The van der Waals surface area contributed by atoms with Gasteiger partial charge in [-0.2, -0.15) is 0 Å². The molecule has 1 aliphatic carbocycles.